The third-order valence-corrected chi connectivity index (χ3v) is 5.33. The largest absolute Gasteiger partial charge is 0.469 e. The van der Waals surface area contributed by atoms with E-state index in [2.05, 4.69) is 5.32 Å². The van der Waals surface area contributed by atoms with E-state index in [0.717, 1.165) is 16.9 Å². The Bertz CT molecular complexity index is 993. The summed E-state index contributed by atoms with van der Waals surface area (Å²) in [6, 6.07) is 29.3. The first-order valence-corrected chi connectivity index (χ1v) is 10.4. The summed E-state index contributed by atoms with van der Waals surface area (Å²) in [5.74, 6) is -0.933. The predicted octanol–water partition coefficient (Wildman–Crippen LogP) is 5.01. The molecule has 5 heteroatoms. The molecule has 0 fully saturated rings. The van der Waals surface area contributed by atoms with Crippen molar-refractivity contribution >= 4 is 17.3 Å². The minimum atomic E-state index is -0.602. The van der Waals surface area contributed by atoms with E-state index in [1.165, 1.54) is 7.11 Å². The van der Waals surface area contributed by atoms with Gasteiger partial charge in [0, 0.05) is 5.69 Å². The maximum atomic E-state index is 13.1. The van der Waals surface area contributed by atoms with Crippen molar-refractivity contribution in [2.75, 3.05) is 24.0 Å². The van der Waals surface area contributed by atoms with Crippen molar-refractivity contribution in [3.8, 4) is 0 Å². The Hall–Kier alpha value is -3.57. The Morgan fingerprint density at radius 3 is 2.23 bits per heavy atom. The molecule has 3 aromatic carbocycles. The van der Waals surface area contributed by atoms with Crippen LogP contribution in [0.2, 0.25) is 0 Å². The third kappa shape index (κ3) is 4.95. The highest BCUT2D eigenvalue weighted by Crippen LogP contribution is 2.34. The zero-order chi connectivity index (χ0) is 21.5. The number of hydrogen-bond donors (Lipinski definition) is 1. The Labute approximate surface area is 182 Å². The number of methoxy groups -OCH3 is 1. The minimum Gasteiger partial charge on any atom is -0.469 e. The van der Waals surface area contributed by atoms with Gasteiger partial charge in [-0.05, 0) is 29.8 Å². The Morgan fingerprint density at radius 2 is 1.58 bits per heavy atom. The average molecular weight is 415 g/mol. The van der Waals surface area contributed by atoms with Crippen LogP contribution in [-0.4, -0.2) is 25.7 Å². The number of esters is 1. The van der Waals surface area contributed by atoms with E-state index in [4.69, 9.17) is 9.57 Å². The van der Waals surface area contributed by atoms with Gasteiger partial charge in [-0.3, -0.25) is 9.63 Å². The molecule has 1 aliphatic heterocycles. The number of benzene rings is 3. The first-order chi connectivity index (χ1) is 15.3. The van der Waals surface area contributed by atoms with Crippen LogP contribution in [0.25, 0.3) is 0 Å². The molecule has 1 heterocycles. The van der Waals surface area contributed by atoms with Crippen LogP contribution in [-0.2, 0) is 14.4 Å². The van der Waals surface area contributed by atoms with Crippen LogP contribution < -0.4 is 10.4 Å². The first kappa shape index (κ1) is 20.7. The van der Waals surface area contributed by atoms with Gasteiger partial charge >= 0.3 is 5.97 Å². The van der Waals surface area contributed by atoms with Crippen LogP contribution in [0, 0.1) is 5.92 Å². The van der Waals surface area contributed by atoms with Gasteiger partial charge in [-0.1, -0.05) is 78.9 Å². The standard InChI is InChI=1S/C26H26N2O3/c1-30-26(29)24(23-18-11-19-28(31-23)22-16-9-4-10-17-22)25(20-12-5-2-6-13-20)27-21-14-7-3-8-15-21/h2-18,23-25,27H,19H2,1H3/t23-,24+,25+/m1/s1. The van der Waals surface area contributed by atoms with Gasteiger partial charge in [-0.2, -0.15) is 0 Å². The van der Waals surface area contributed by atoms with Crippen LogP contribution in [0.5, 0.6) is 0 Å². The molecule has 0 saturated carbocycles. The molecule has 4 rings (SSSR count). The molecule has 0 spiro atoms. The van der Waals surface area contributed by atoms with Crippen LogP contribution in [0.3, 0.4) is 0 Å². The second kappa shape index (κ2) is 9.96. The molecule has 0 radical (unpaired) electrons. The topological polar surface area (TPSA) is 50.8 Å². The second-order valence-corrected chi connectivity index (χ2v) is 7.34. The number of nitrogens with one attached hydrogen (secondary N) is 1. The quantitative estimate of drug-likeness (QED) is 0.435. The summed E-state index contributed by atoms with van der Waals surface area (Å²) in [6.07, 6.45) is 3.48. The predicted molar refractivity (Wildman–Crippen MR) is 123 cm³/mol. The highest BCUT2D eigenvalue weighted by Gasteiger charge is 2.39. The smallest absolute Gasteiger partial charge is 0.314 e. The summed E-state index contributed by atoms with van der Waals surface area (Å²) in [5.41, 5.74) is 2.84. The van der Waals surface area contributed by atoms with E-state index in [1.807, 2.05) is 108 Å². The Kier molecular flexibility index (Phi) is 6.65. The van der Waals surface area contributed by atoms with E-state index in [0.29, 0.717) is 6.54 Å². The number of anilines is 2. The summed E-state index contributed by atoms with van der Waals surface area (Å²) in [5, 5.41) is 5.34. The average Bonchev–Trinajstić information content (AvgIpc) is 2.85. The van der Waals surface area contributed by atoms with Gasteiger partial charge in [-0.25, -0.2) is 5.06 Å². The highest BCUT2D eigenvalue weighted by atomic mass is 16.7. The van der Waals surface area contributed by atoms with Crippen molar-refractivity contribution in [1.29, 1.82) is 0 Å². The fourth-order valence-corrected chi connectivity index (χ4v) is 3.81. The monoisotopic (exact) mass is 414 g/mol. The molecule has 5 nitrogen and oxygen atoms in total. The van der Waals surface area contributed by atoms with Crippen molar-refractivity contribution in [3.63, 3.8) is 0 Å². The van der Waals surface area contributed by atoms with Gasteiger partial charge in [-0.15, -0.1) is 0 Å². The number of carbonyl (C=O) groups is 1. The van der Waals surface area contributed by atoms with E-state index >= 15 is 0 Å². The Balaban J connectivity index is 1.69. The fraction of sp³-hybridized carbons (Fsp3) is 0.192. The molecular weight excluding hydrogens is 388 g/mol. The van der Waals surface area contributed by atoms with Crippen molar-refractivity contribution in [2.45, 2.75) is 12.1 Å². The summed E-state index contributed by atoms with van der Waals surface area (Å²) < 4.78 is 5.24. The van der Waals surface area contributed by atoms with Gasteiger partial charge < -0.3 is 10.1 Å². The zero-order valence-electron chi connectivity index (χ0n) is 17.4. The summed E-state index contributed by atoms with van der Waals surface area (Å²) >= 11 is 0. The lowest BCUT2D eigenvalue weighted by molar-refractivity contribution is -0.151. The molecule has 3 aromatic rings. The van der Waals surface area contributed by atoms with Crippen LogP contribution in [0.15, 0.2) is 103 Å². The Morgan fingerprint density at radius 1 is 0.968 bits per heavy atom. The summed E-state index contributed by atoms with van der Waals surface area (Å²) in [7, 11) is 1.42. The molecule has 0 unspecified atom stereocenters. The lowest BCUT2D eigenvalue weighted by atomic mass is 9.87. The lowest BCUT2D eigenvalue weighted by Crippen LogP contribution is -2.44. The number of hydrogen-bond acceptors (Lipinski definition) is 5. The van der Waals surface area contributed by atoms with Gasteiger partial charge in [0.1, 0.15) is 12.0 Å². The molecule has 0 bridgehead atoms. The second-order valence-electron chi connectivity index (χ2n) is 7.34. The van der Waals surface area contributed by atoms with Gasteiger partial charge in [0.25, 0.3) is 0 Å². The molecule has 1 N–H and O–H groups in total. The fourth-order valence-electron chi connectivity index (χ4n) is 3.81. The lowest BCUT2D eigenvalue weighted by Gasteiger charge is -2.37. The number of carbonyl (C=O) groups excluding carboxylic acids is 1. The number of hydroxylamine groups is 1. The molecule has 0 aromatic heterocycles. The number of para-hydroxylation sites is 2. The van der Waals surface area contributed by atoms with Crippen molar-refractivity contribution in [1.82, 2.24) is 0 Å². The molecule has 31 heavy (non-hydrogen) atoms. The van der Waals surface area contributed by atoms with Gasteiger partial charge in [0.2, 0.25) is 0 Å². The zero-order valence-corrected chi connectivity index (χ0v) is 17.4. The normalized spacial score (nSPS) is 17.6. The van der Waals surface area contributed by atoms with E-state index in [-0.39, 0.29) is 12.0 Å². The molecule has 158 valence electrons. The number of rotatable bonds is 7. The molecule has 3 atom stereocenters. The van der Waals surface area contributed by atoms with E-state index < -0.39 is 12.0 Å². The first-order valence-electron chi connectivity index (χ1n) is 10.4. The molecule has 1 aliphatic rings. The van der Waals surface area contributed by atoms with Crippen molar-refractivity contribution < 1.29 is 14.4 Å². The molecule has 0 amide bonds. The van der Waals surface area contributed by atoms with E-state index in [9.17, 15) is 4.79 Å². The van der Waals surface area contributed by atoms with Crippen LogP contribution >= 0.6 is 0 Å². The van der Waals surface area contributed by atoms with Gasteiger partial charge in [0.15, 0.2) is 0 Å². The van der Waals surface area contributed by atoms with Crippen LogP contribution in [0.1, 0.15) is 11.6 Å². The number of ether oxygens (including phenoxy) is 1. The SMILES string of the molecule is COC(=O)[C@@H]([C@H]1C=CCN(c2ccccc2)O1)[C@@H](Nc1ccccc1)c1ccccc1. The third-order valence-electron chi connectivity index (χ3n) is 5.33. The van der Waals surface area contributed by atoms with Crippen molar-refractivity contribution in [3.05, 3.63) is 109 Å². The summed E-state index contributed by atoms with van der Waals surface area (Å²) in [6.45, 7) is 0.608. The van der Waals surface area contributed by atoms with Gasteiger partial charge in [0.05, 0.1) is 25.4 Å². The number of nitrogens with zero attached hydrogens (tertiary/aromatic N) is 1. The highest BCUT2D eigenvalue weighted by molar-refractivity contribution is 5.75. The van der Waals surface area contributed by atoms with Crippen molar-refractivity contribution in [2.24, 2.45) is 5.92 Å². The molecule has 0 saturated heterocycles. The van der Waals surface area contributed by atoms with Crippen LogP contribution in [0.4, 0.5) is 11.4 Å². The summed E-state index contributed by atoms with van der Waals surface area (Å²) in [4.78, 5) is 19.4. The maximum Gasteiger partial charge on any atom is 0.314 e. The maximum absolute atomic E-state index is 13.1. The minimum absolute atomic E-state index is 0.332. The molecular formula is C26H26N2O3. The van der Waals surface area contributed by atoms with E-state index in [1.54, 1.807) is 0 Å². The molecule has 0 aliphatic carbocycles.